The molecule has 3 aromatic carbocycles. The Hall–Kier alpha value is -3.64. The van der Waals surface area contributed by atoms with Gasteiger partial charge in [-0.25, -0.2) is 0 Å². The summed E-state index contributed by atoms with van der Waals surface area (Å²) in [7, 11) is 1.81. The highest BCUT2D eigenvalue weighted by Crippen LogP contribution is 2.25. The largest absolute Gasteiger partial charge is 0.494 e. The summed E-state index contributed by atoms with van der Waals surface area (Å²) in [6.07, 6.45) is 0.484. The predicted octanol–water partition coefficient (Wildman–Crippen LogP) is 4.67. The zero-order valence-corrected chi connectivity index (χ0v) is 17.9. The highest BCUT2D eigenvalue weighted by atomic mass is 32.1. The van der Waals surface area contributed by atoms with Crippen LogP contribution in [0.3, 0.4) is 0 Å². The Balaban J connectivity index is 1.49. The molecule has 0 bridgehead atoms. The molecule has 0 aliphatic heterocycles. The molecule has 0 atom stereocenters. The minimum absolute atomic E-state index is 0.0276. The molecule has 0 aliphatic rings. The zero-order chi connectivity index (χ0) is 21.8. The molecule has 0 unspecified atom stereocenters. The van der Waals surface area contributed by atoms with E-state index in [1.807, 2.05) is 85.9 Å². The van der Waals surface area contributed by atoms with Crippen molar-refractivity contribution in [1.29, 1.82) is 0 Å². The summed E-state index contributed by atoms with van der Waals surface area (Å²) in [5.74, 6) is -0.0925. The number of benzene rings is 3. The average molecular weight is 431 g/mol. The van der Waals surface area contributed by atoms with E-state index < -0.39 is 0 Å². The van der Waals surface area contributed by atoms with Crippen LogP contribution in [-0.2, 0) is 13.0 Å². The van der Waals surface area contributed by atoms with Gasteiger partial charge in [-0.05, 0) is 34.4 Å². The summed E-state index contributed by atoms with van der Waals surface area (Å²) in [4.78, 5) is 28.7. The maximum Gasteiger partial charge on any atom is 0.307 e. The summed E-state index contributed by atoms with van der Waals surface area (Å²) in [5, 5.41) is 9.76. The smallest absolute Gasteiger partial charge is 0.307 e. The Labute approximate surface area is 184 Å². The van der Waals surface area contributed by atoms with Crippen LogP contribution in [0.25, 0.3) is 11.1 Å². The van der Waals surface area contributed by atoms with Gasteiger partial charge in [-0.3, -0.25) is 14.6 Å². The molecule has 31 heavy (non-hydrogen) atoms. The van der Waals surface area contributed by atoms with Crippen molar-refractivity contribution in [1.82, 2.24) is 9.88 Å². The molecule has 1 heterocycles. The fraction of sp³-hybridized carbons (Fsp3) is 0.120. The molecule has 4 rings (SSSR count). The Morgan fingerprint density at radius 1 is 0.935 bits per heavy atom. The van der Waals surface area contributed by atoms with Crippen LogP contribution in [0, 0.1) is 0 Å². The van der Waals surface area contributed by atoms with Crippen molar-refractivity contribution < 1.29 is 9.90 Å². The van der Waals surface area contributed by atoms with E-state index >= 15 is 0 Å². The van der Waals surface area contributed by atoms with Crippen molar-refractivity contribution in [2.24, 2.45) is 0 Å². The van der Waals surface area contributed by atoms with Crippen molar-refractivity contribution in [3.05, 3.63) is 110 Å². The van der Waals surface area contributed by atoms with Gasteiger partial charge in [0.15, 0.2) is 0 Å². The molecule has 1 amide bonds. The highest BCUT2D eigenvalue weighted by Gasteiger charge is 2.13. The lowest BCUT2D eigenvalue weighted by atomic mass is 10.0. The van der Waals surface area contributed by atoms with Gasteiger partial charge < -0.3 is 10.0 Å². The van der Waals surface area contributed by atoms with E-state index in [0.29, 0.717) is 23.4 Å². The molecule has 0 radical (unpaired) electrons. The first-order valence-electron chi connectivity index (χ1n) is 9.89. The lowest BCUT2D eigenvalue weighted by molar-refractivity contribution is 0.0785. The lowest BCUT2D eigenvalue weighted by Gasteiger charge is -2.18. The third-order valence-electron chi connectivity index (χ3n) is 5.07. The van der Waals surface area contributed by atoms with E-state index in [0.717, 1.165) is 33.6 Å². The zero-order valence-electron chi connectivity index (χ0n) is 17.0. The second kappa shape index (κ2) is 9.02. The molecule has 0 aliphatic carbocycles. The van der Waals surface area contributed by atoms with Gasteiger partial charge >= 0.3 is 4.87 Å². The summed E-state index contributed by atoms with van der Waals surface area (Å²) in [5.41, 5.74) is 4.67. The first kappa shape index (κ1) is 20.6. The molecule has 6 heteroatoms. The van der Waals surface area contributed by atoms with Crippen LogP contribution >= 0.6 is 11.3 Å². The number of H-pyrrole nitrogens is 1. The van der Waals surface area contributed by atoms with Crippen LogP contribution in [0.5, 0.6) is 5.88 Å². The number of aromatic nitrogens is 1. The number of carbonyl (C=O) groups is 1. The number of thiazole rings is 1. The maximum absolute atomic E-state index is 12.9. The van der Waals surface area contributed by atoms with Gasteiger partial charge in [-0.15, -0.1) is 0 Å². The fourth-order valence-corrected chi connectivity index (χ4v) is 4.21. The van der Waals surface area contributed by atoms with E-state index in [4.69, 9.17) is 0 Å². The Bertz CT molecular complexity index is 1240. The minimum atomic E-state index is -0.261. The van der Waals surface area contributed by atoms with E-state index in [1.54, 1.807) is 4.90 Å². The van der Waals surface area contributed by atoms with Gasteiger partial charge in [0.1, 0.15) is 0 Å². The van der Waals surface area contributed by atoms with Gasteiger partial charge in [0, 0.05) is 25.6 Å². The lowest BCUT2D eigenvalue weighted by Crippen LogP contribution is -2.26. The minimum Gasteiger partial charge on any atom is -0.494 e. The molecule has 1 aromatic heterocycles. The van der Waals surface area contributed by atoms with Gasteiger partial charge in [-0.2, -0.15) is 0 Å². The maximum atomic E-state index is 12.9. The van der Waals surface area contributed by atoms with Crippen molar-refractivity contribution >= 4 is 17.2 Å². The van der Waals surface area contributed by atoms with Gasteiger partial charge in [0.2, 0.25) is 5.88 Å². The molecule has 0 saturated heterocycles. The highest BCUT2D eigenvalue weighted by molar-refractivity contribution is 7.09. The van der Waals surface area contributed by atoms with E-state index in [-0.39, 0.29) is 16.7 Å². The first-order valence-corrected chi connectivity index (χ1v) is 10.7. The Morgan fingerprint density at radius 3 is 2.35 bits per heavy atom. The molecule has 5 nitrogen and oxygen atoms in total. The van der Waals surface area contributed by atoms with Crippen LogP contribution in [0.1, 0.15) is 26.4 Å². The number of nitrogens with one attached hydrogen (secondary N) is 1. The van der Waals surface area contributed by atoms with Crippen LogP contribution in [0.4, 0.5) is 0 Å². The normalized spacial score (nSPS) is 10.7. The molecule has 0 saturated carbocycles. The third kappa shape index (κ3) is 4.92. The number of aromatic amines is 1. The number of nitrogens with zero attached hydrogens (tertiary/aromatic N) is 1. The van der Waals surface area contributed by atoms with Crippen molar-refractivity contribution in [2.75, 3.05) is 7.05 Å². The second-order valence-corrected chi connectivity index (χ2v) is 8.46. The van der Waals surface area contributed by atoms with Crippen LogP contribution in [-0.4, -0.2) is 27.9 Å². The molecule has 2 N–H and O–H groups in total. The van der Waals surface area contributed by atoms with E-state index in [1.165, 1.54) is 0 Å². The second-order valence-electron chi connectivity index (χ2n) is 7.39. The van der Waals surface area contributed by atoms with Gasteiger partial charge in [-0.1, -0.05) is 78.1 Å². The Morgan fingerprint density at radius 2 is 1.68 bits per heavy atom. The molecular formula is C25H22N2O3S. The van der Waals surface area contributed by atoms with E-state index in [9.17, 15) is 14.7 Å². The standard InChI is InChI=1S/C25H22N2O3S/c1-27(16-18-6-3-2-4-7-18)24(29)21-9-5-8-20(15-21)19-12-10-17(11-13-19)14-22-23(28)26-25(30)31-22/h2-13,15,28H,14,16H2,1H3,(H,26,30). The monoisotopic (exact) mass is 430 g/mol. The fourth-order valence-electron chi connectivity index (χ4n) is 3.45. The summed E-state index contributed by atoms with van der Waals surface area (Å²) in [6, 6.07) is 25.4. The molecular weight excluding hydrogens is 408 g/mol. The van der Waals surface area contributed by atoms with Gasteiger partial charge in [0.05, 0.1) is 4.88 Å². The molecule has 0 spiro atoms. The summed E-state index contributed by atoms with van der Waals surface area (Å²) >= 11 is 1.01. The number of amides is 1. The number of rotatable bonds is 6. The summed E-state index contributed by atoms with van der Waals surface area (Å²) < 4.78 is 0. The SMILES string of the molecule is CN(Cc1ccccc1)C(=O)c1cccc(-c2ccc(Cc3sc(=O)[nH]c3O)cc2)c1. The van der Waals surface area contributed by atoms with Crippen LogP contribution in [0.15, 0.2) is 83.7 Å². The quantitative estimate of drug-likeness (QED) is 0.467. The van der Waals surface area contributed by atoms with Crippen molar-refractivity contribution in [3.63, 3.8) is 0 Å². The van der Waals surface area contributed by atoms with Crippen LogP contribution < -0.4 is 4.87 Å². The molecule has 156 valence electrons. The predicted molar refractivity (Wildman–Crippen MR) is 124 cm³/mol. The number of aromatic hydroxyl groups is 1. The van der Waals surface area contributed by atoms with E-state index in [2.05, 4.69) is 4.98 Å². The van der Waals surface area contributed by atoms with Gasteiger partial charge in [0.25, 0.3) is 5.91 Å². The third-order valence-corrected chi connectivity index (χ3v) is 5.94. The number of hydrogen-bond acceptors (Lipinski definition) is 4. The molecule has 0 fully saturated rings. The number of hydrogen-bond donors (Lipinski definition) is 2. The Kier molecular flexibility index (Phi) is 6.00. The molecule has 4 aromatic rings. The van der Waals surface area contributed by atoms with Crippen LogP contribution in [0.2, 0.25) is 0 Å². The summed E-state index contributed by atoms with van der Waals surface area (Å²) in [6.45, 7) is 0.552. The first-order chi connectivity index (χ1) is 15.0. The van der Waals surface area contributed by atoms with Crippen molar-refractivity contribution in [2.45, 2.75) is 13.0 Å². The number of carbonyl (C=O) groups excluding carboxylic acids is 1. The topological polar surface area (TPSA) is 73.4 Å². The average Bonchev–Trinajstić information content (AvgIpc) is 3.11. The van der Waals surface area contributed by atoms with Crippen molar-refractivity contribution in [3.8, 4) is 17.0 Å².